The van der Waals surface area contributed by atoms with Gasteiger partial charge < -0.3 is 19.7 Å². The molecule has 0 bridgehead atoms. The van der Waals surface area contributed by atoms with Crippen LogP contribution in [-0.4, -0.2) is 43.1 Å². The average molecular weight is 396 g/mol. The minimum atomic E-state index is -0.534. The van der Waals surface area contributed by atoms with Gasteiger partial charge >= 0.3 is 18.0 Å². The van der Waals surface area contributed by atoms with Crippen molar-refractivity contribution in [2.24, 2.45) is 0 Å². The largest absolute Gasteiger partial charge is 0.466 e. The fourth-order valence-electron chi connectivity index (χ4n) is 3.56. The normalized spacial score (nSPS) is 15.2. The van der Waals surface area contributed by atoms with Crippen LogP contribution < -0.4 is 5.32 Å². The third-order valence-corrected chi connectivity index (χ3v) is 4.91. The van der Waals surface area contributed by atoms with E-state index in [0.717, 1.165) is 11.1 Å². The quantitative estimate of drug-likeness (QED) is 0.781. The molecule has 152 valence electrons. The molecule has 3 rings (SSSR count). The minimum absolute atomic E-state index is 0.0664. The molecule has 0 fully saturated rings. The predicted molar refractivity (Wildman–Crippen MR) is 108 cm³/mol. The van der Waals surface area contributed by atoms with Crippen LogP contribution >= 0.6 is 0 Å². The molecule has 7 nitrogen and oxygen atoms in total. The summed E-state index contributed by atoms with van der Waals surface area (Å²) in [5.74, 6) is -0.894. The minimum Gasteiger partial charge on any atom is -0.466 e. The third kappa shape index (κ3) is 4.56. The highest BCUT2D eigenvalue weighted by Gasteiger charge is 2.33. The second kappa shape index (κ2) is 9.23. The number of carbonyl (C=O) groups is 3. The molecule has 0 spiro atoms. The number of hydrogen-bond acceptors (Lipinski definition) is 5. The number of esters is 2. The number of urea groups is 1. The van der Waals surface area contributed by atoms with Gasteiger partial charge in [0.1, 0.15) is 0 Å². The lowest BCUT2D eigenvalue weighted by Crippen LogP contribution is -2.43. The van der Waals surface area contributed by atoms with Gasteiger partial charge in [-0.2, -0.15) is 0 Å². The Morgan fingerprint density at radius 2 is 1.83 bits per heavy atom. The second-order valence-corrected chi connectivity index (χ2v) is 6.63. The van der Waals surface area contributed by atoms with Gasteiger partial charge in [-0.3, -0.25) is 4.79 Å². The van der Waals surface area contributed by atoms with Crippen LogP contribution in [0.3, 0.4) is 0 Å². The number of methoxy groups -OCH3 is 1. The standard InChI is InChI=1S/C22H24N2O5/c1-3-29-20(25)14-19-16-9-5-4-8-15(16)12-13-24(19)22(27)23-18-11-7-6-10-17(18)21(26)28-2/h4-11,19H,3,12-14H2,1-2H3,(H,23,27). The molecule has 29 heavy (non-hydrogen) atoms. The first kappa shape index (κ1) is 20.4. The van der Waals surface area contributed by atoms with Gasteiger partial charge in [0.25, 0.3) is 0 Å². The van der Waals surface area contributed by atoms with Gasteiger partial charge in [-0.15, -0.1) is 0 Å². The van der Waals surface area contributed by atoms with Crippen LogP contribution in [0.1, 0.15) is 40.9 Å². The molecule has 2 amide bonds. The van der Waals surface area contributed by atoms with Crippen LogP contribution in [0.15, 0.2) is 48.5 Å². The Morgan fingerprint density at radius 1 is 1.10 bits per heavy atom. The first-order valence-electron chi connectivity index (χ1n) is 9.53. The summed E-state index contributed by atoms with van der Waals surface area (Å²) in [6.07, 6.45) is 0.749. The van der Waals surface area contributed by atoms with Crippen LogP contribution in [0.4, 0.5) is 10.5 Å². The molecule has 7 heteroatoms. The number of hydrogen-bond donors (Lipinski definition) is 1. The third-order valence-electron chi connectivity index (χ3n) is 4.91. The number of rotatable bonds is 5. The molecule has 1 aliphatic rings. The number of anilines is 1. The molecule has 0 saturated heterocycles. The molecule has 0 aromatic heterocycles. The number of benzene rings is 2. The maximum absolute atomic E-state index is 13.1. The lowest BCUT2D eigenvalue weighted by atomic mass is 9.91. The van der Waals surface area contributed by atoms with Crippen molar-refractivity contribution in [3.05, 3.63) is 65.2 Å². The summed E-state index contributed by atoms with van der Waals surface area (Å²) in [4.78, 5) is 38.9. The van der Waals surface area contributed by atoms with E-state index >= 15 is 0 Å². The Kier molecular flexibility index (Phi) is 6.49. The van der Waals surface area contributed by atoms with Gasteiger partial charge in [-0.25, -0.2) is 9.59 Å². The smallest absolute Gasteiger partial charge is 0.339 e. The molecule has 2 aromatic carbocycles. The fourth-order valence-corrected chi connectivity index (χ4v) is 3.56. The lowest BCUT2D eigenvalue weighted by Gasteiger charge is -2.37. The molecular formula is C22H24N2O5. The number of amides is 2. The molecule has 1 heterocycles. The van der Waals surface area contributed by atoms with E-state index < -0.39 is 12.0 Å². The first-order valence-corrected chi connectivity index (χ1v) is 9.53. The monoisotopic (exact) mass is 396 g/mol. The first-order chi connectivity index (χ1) is 14.0. The number of fused-ring (bicyclic) bond motifs is 1. The van der Waals surface area contributed by atoms with E-state index in [2.05, 4.69) is 5.32 Å². The molecule has 2 aromatic rings. The number of para-hydroxylation sites is 1. The number of ether oxygens (including phenoxy) is 2. The Labute approximate surface area is 169 Å². The topological polar surface area (TPSA) is 84.9 Å². The van der Waals surface area contributed by atoms with Crippen molar-refractivity contribution in [1.82, 2.24) is 4.90 Å². The van der Waals surface area contributed by atoms with Gasteiger partial charge in [0, 0.05) is 6.54 Å². The summed E-state index contributed by atoms with van der Waals surface area (Å²) in [5, 5.41) is 2.80. The van der Waals surface area contributed by atoms with E-state index in [0.29, 0.717) is 18.7 Å². The Morgan fingerprint density at radius 3 is 2.59 bits per heavy atom. The predicted octanol–water partition coefficient (Wildman–Crippen LogP) is 3.56. The molecule has 1 N–H and O–H groups in total. The van der Waals surface area contributed by atoms with Gasteiger partial charge in [-0.1, -0.05) is 36.4 Å². The van der Waals surface area contributed by atoms with Crippen LogP contribution in [-0.2, 0) is 20.7 Å². The molecular weight excluding hydrogens is 372 g/mol. The number of carbonyl (C=O) groups excluding carboxylic acids is 3. The summed E-state index contributed by atoms with van der Waals surface area (Å²) in [6.45, 7) is 2.49. The SMILES string of the molecule is CCOC(=O)CC1c2ccccc2CCN1C(=O)Nc1ccccc1C(=O)OC. The van der Waals surface area contributed by atoms with E-state index in [1.165, 1.54) is 7.11 Å². The lowest BCUT2D eigenvalue weighted by molar-refractivity contribution is -0.144. The van der Waals surface area contributed by atoms with Crippen molar-refractivity contribution in [2.75, 3.05) is 25.6 Å². The van der Waals surface area contributed by atoms with Crippen molar-refractivity contribution in [3.63, 3.8) is 0 Å². The molecule has 1 aliphatic heterocycles. The zero-order chi connectivity index (χ0) is 20.8. The van der Waals surface area contributed by atoms with Gasteiger partial charge in [-0.05, 0) is 36.6 Å². The maximum atomic E-state index is 13.1. The fraction of sp³-hybridized carbons (Fsp3) is 0.318. The summed E-state index contributed by atoms with van der Waals surface area (Å²) in [6, 6.07) is 13.6. The highest BCUT2D eigenvalue weighted by molar-refractivity contribution is 6.01. The van der Waals surface area contributed by atoms with Crippen LogP contribution in [0.25, 0.3) is 0 Å². The molecule has 0 aliphatic carbocycles. The highest BCUT2D eigenvalue weighted by Crippen LogP contribution is 2.33. The Hall–Kier alpha value is -3.35. The van der Waals surface area contributed by atoms with Gasteiger partial charge in [0.2, 0.25) is 0 Å². The molecule has 0 radical (unpaired) electrons. The van der Waals surface area contributed by atoms with Crippen molar-refractivity contribution >= 4 is 23.7 Å². The van der Waals surface area contributed by atoms with Crippen LogP contribution in [0, 0.1) is 0 Å². The van der Waals surface area contributed by atoms with E-state index in [-0.39, 0.29) is 30.6 Å². The van der Waals surface area contributed by atoms with Crippen LogP contribution in [0.5, 0.6) is 0 Å². The van der Waals surface area contributed by atoms with Gasteiger partial charge in [0.15, 0.2) is 0 Å². The zero-order valence-corrected chi connectivity index (χ0v) is 16.5. The zero-order valence-electron chi connectivity index (χ0n) is 16.5. The highest BCUT2D eigenvalue weighted by atomic mass is 16.5. The summed E-state index contributed by atoms with van der Waals surface area (Å²) >= 11 is 0. The van der Waals surface area contributed by atoms with Gasteiger partial charge in [0.05, 0.1) is 37.4 Å². The Bertz CT molecular complexity index is 912. The van der Waals surface area contributed by atoms with Crippen molar-refractivity contribution in [1.29, 1.82) is 0 Å². The second-order valence-electron chi connectivity index (χ2n) is 6.63. The summed E-state index contributed by atoms with van der Waals surface area (Å²) < 4.78 is 9.90. The Balaban J connectivity index is 1.87. The molecule has 1 unspecified atom stereocenters. The van der Waals surface area contributed by atoms with Crippen molar-refractivity contribution in [2.45, 2.75) is 25.8 Å². The molecule has 0 saturated carbocycles. The molecule has 1 atom stereocenters. The van der Waals surface area contributed by atoms with Crippen LogP contribution in [0.2, 0.25) is 0 Å². The average Bonchev–Trinajstić information content (AvgIpc) is 2.74. The van der Waals surface area contributed by atoms with E-state index in [1.54, 1.807) is 36.1 Å². The van der Waals surface area contributed by atoms with Crippen molar-refractivity contribution in [3.8, 4) is 0 Å². The number of nitrogens with one attached hydrogen (secondary N) is 1. The summed E-state index contributed by atoms with van der Waals surface area (Å²) in [5.41, 5.74) is 2.67. The number of nitrogens with zero attached hydrogens (tertiary/aromatic N) is 1. The maximum Gasteiger partial charge on any atom is 0.339 e. The van der Waals surface area contributed by atoms with E-state index in [4.69, 9.17) is 9.47 Å². The summed E-state index contributed by atoms with van der Waals surface area (Å²) in [7, 11) is 1.29. The van der Waals surface area contributed by atoms with Crippen molar-refractivity contribution < 1.29 is 23.9 Å². The van der Waals surface area contributed by atoms with E-state index in [9.17, 15) is 14.4 Å². The van der Waals surface area contributed by atoms with E-state index in [1.807, 2.05) is 24.3 Å².